The van der Waals surface area contributed by atoms with Gasteiger partial charge in [-0.2, -0.15) is 0 Å². The van der Waals surface area contributed by atoms with Crippen molar-refractivity contribution in [2.45, 2.75) is 32.5 Å². The molecule has 0 atom stereocenters. The van der Waals surface area contributed by atoms with Crippen LogP contribution in [0.25, 0.3) is 11.4 Å². The van der Waals surface area contributed by atoms with E-state index in [1.807, 2.05) is 23.7 Å². The van der Waals surface area contributed by atoms with Crippen molar-refractivity contribution >= 4 is 29.4 Å². The summed E-state index contributed by atoms with van der Waals surface area (Å²) >= 11 is 6.12. The Morgan fingerprint density at radius 1 is 1.00 bits per heavy atom. The van der Waals surface area contributed by atoms with Gasteiger partial charge < -0.3 is 4.57 Å². The number of anilines is 1. The summed E-state index contributed by atoms with van der Waals surface area (Å²) in [6.07, 6.45) is 1.97. The first-order valence-electron chi connectivity index (χ1n) is 12.9. The second-order valence-electron chi connectivity index (χ2n) is 10.2. The Balaban J connectivity index is 1.15. The van der Waals surface area contributed by atoms with Crippen LogP contribution in [0, 0.1) is 11.6 Å². The van der Waals surface area contributed by atoms with Crippen molar-refractivity contribution in [3.63, 3.8) is 0 Å². The number of imide groups is 1. The molecule has 0 aliphatic carbocycles. The first kappa shape index (κ1) is 26.2. The molecule has 40 heavy (non-hydrogen) atoms. The number of nitrogens with zero attached hydrogens (tertiary/aromatic N) is 4. The number of aromatic nitrogens is 2. The number of imidazole rings is 1. The van der Waals surface area contributed by atoms with E-state index in [4.69, 9.17) is 11.6 Å². The third kappa shape index (κ3) is 4.98. The Bertz CT molecular complexity index is 1630. The van der Waals surface area contributed by atoms with Crippen LogP contribution in [0.2, 0.25) is 5.02 Å². The highest BCUT2D eigenvalue weighted by molar-refractivity contribution is 6.31. The summed E-state index contributed by atoms with van der Waals surface area (Å²) in [5, 5.41) is 2.63. The predicted octanol–water partition coefficient (Wildman–Crippen LogP) is 5.57. The van der Waals surface area contributed by atoms with Crippen molar-refractivity contribution in [1.82, 2.24) is 19.8 Å². The molecule has 0 saturated carbocycles. The van der Waals surface area contributed by atoms with Crippen LogP contribution < -0.4 is 10.2 Å². The van der Waals surface area contributed by atoms with Crippen LogP contribution in [-0.4, -0.2) is 32.9 Å². The maximum Gasteiger partial charge on any atom is 0.329 e. The highest BCUT2D eigenvalue weighted by Gasteiger charge is 2.28. The van der Waals surface area contributed by atoms with E-state index < -0.39 is 11.8 Å². The number of carbonyl (C=O) groups is 2. The minimum absolute atomic E-state index is 0.0883. The van der Waals surface area contributed by atoms with E-state index >= 15 is 0 Å². The molecule has 3 aromatic carbocycles. The van der Waals surface area contributed by atoms with Gasteiger partial charge in [-0.25, -0.2) is 18.6 Å². The van der Waals surface area contributed by atoms with E-state index in [9.17, 15) is 18.4 Å². The van der Waals surface area contributed by atoms with Crippen LogP contribution in [-0.2, 0) is 37.9 Å². The predicted molar refractivity (Wildman–Crippen MR) is 148 cm³/mol. The lowest BCUT2D eigenvalue weighted by molar-refractivity contribution is -0.120. The highest BCUT2D eigenvalue weighted by atomic mass is 35.5. The Morgan fingerprint density at radius 3 is 2.60 bits per heavy atom. The number of carbonyl (C=O) groups excluding carboxylic acids is 2. The Kier molecular flexibility index (Phi) is 6.85. The van der Waals surface area contributed by atoms with Crippen LogP contribution in [0.3, 0.4) is 0 Å². The molecule has 0 unspecified atom stereocenters. The molecule has 0 bridgehead atoms. The summed E-state index contributed by atoms with van der Waals surface area (Å²) in [5.41, 5.74) is 4.79. The lowest BCUT2D eigenvalue weighted by Gasteiger charge is -2.26. The van der Waals surface area contributed by atoms with Gasteiger partial charge in [-0.3, -0.25) is 19.9 Å². The maximum atomic E-state index is 15.0. The van der Waals surface area contributed by atoms with Gasteiger partial charge in [0.15, 0.2) is 0 Å². The lowest BCUT2D eigenvalue weighted by Crippen LogP contribution is -2.50. The van der Waals surface area contributed by atoms with Gasteiger partial charge in [-0.1, -0.05) is 41.9 Å². The number of hydrogen-bond acceptors (Lipinski definition) is 4. The number of rotatable bonds is 6. The summed E-state index contributed by atoms with van der Waals surface area (Å²) in [6, 6.07) is 15.3. The zero-order valence-corrected chi connectivity index (χ0v) is 22.5. The molecule has 3 heterocycles. The Labute approximate surface area is 235 Å². The van der Waals surface area contributed by atoms with Crippen molar-refractivity contribution in [1.29, 1.82) is 0 Å². The fourth-order valence-corrected chi connectivity index (χ4v) is 5.63. The Hall–Kier alpha value is -4.08. The average Bonchev–Trinajstić information content (AvgIpc) is 3.49. The SMILES string of the molecule is Cn1c(N2CCC(=O)NC2=O)cnc1-c1ccc2c(c1)CN(Cc1ccc(Cc3c(F)cccc3Cl)c(F)c1)C2. The maximum absolute atomic E-state index is 15.0. The van der Waals surface area contributed by atoms with E-state index in [1.165, 1.54) is 28.7 Å². The van der Waals surface area contributed by atoms with Crippen molar-refractivity contribution in [3.05, 3.63) is 105 Å². The number of nitrogens with one attached hydrogen (secondary N) is 1. The normalized spacial score (nSPS) is 15.4. The molecule has 204 valence electrons. The summed E-state index contributed by atoms with van der Waals surface area (Å²) in [5.74, 6) is 0.227. The summed E-state index contributed by atoms with van der Waals surface area (Å²) in [4.78, 5) is 32.1. The molecule has 0 radical (unpaired) electrons. The van der Waals surface area contributed by atoms with Crippen LogP contribution in [0.5, 0.6) is 0 Å². The standard InChI is InChI=1S/C30H26ClF2N5O2/c1-36-28(38-10-9-27(39)35-30(38)40)14-34-29(36)20-7-8-21-16-37(17-22(21)12-20)15-18-5-6-19(26(33)11-18)13-23-24(31)3-2-4-25(23)32/h2-8,11-12,14H,9-10,13,15-17H2,1H3,(H,35,39,40). The fraction of sp³-hybridized carbons (Fsp3) is 0.233. The molecule has 1 saturated heterocycles. The molecular weight excluding hydrogens is 536 g/mol. The lowest BCUT2D eigenvalue weighted by atomic mass is 10.0. The van der Waals surface area contributed by atoms with Crippen LogP contribution in [0.15, 0.2) is 60.8 Å². The molecule has 2 aliphatic heterocycles. The molecule has 2 aliphatic rings. The number of amides is 3. The van der Waals surface area contributed by atoms with Crippen LogP contribution >= 0.6 is 11.6 Å². The number of fused-ring (bicyclic) bond motifs is 1. The largest absolute Gasteiger partial charge is 0.329 e. The molecule has 4 aromatic rings. The van der Waals surface area contributed by atoms with Gasteiger partial charge in [0.2, 0.25) is 5.91 Å². The van der Waals surface area contributed by atoms with Crippen molar-refractivity contribution in [2.24, 2.45) is 7.05 Å². The van der Waals surface area contributed by atoms with E-state index in [0.717, 1.165) is 23.2 Å². The smallest absolute Gasteiger partial charge is 0.314 e. The van der Waals surface area contributed by atoms with Gasteiger partial charge in [-0.05, 0) is 46.5 Å². The van der Waals surface area contributed by atoms with Crippen molar-refractivity contribution in [3.8, 4) is 11.4 Å². The molecule has 1 N–H and O–H groups in total. The minimum atomic E-state index is -0.448. The summed E-state index contributed by atoms with van der Waals surface area (Å²) in [6.45, 7) is 2.31. The second kappa shape index (κ2) is 10.5. The molecule has 1 fully saturated rings. The third-order valence-corrected chi connectivity index (χ3v) is 7.85. The van der Waals surface area contributed by atoms with E-state index in [0.29, 0.717) is 36.8 Å². The topological polar surface area (TPSA) is 70.5 Å². The third-order valence-electron chi connectivity index (χ3n) is 7.50. The van der Waals surface area contributed by atoms with Gasteiger partial charge in [0.05, 0.1) is 6.20 Å². The van der Waals surface area contributed by atoms with E-state index in [-0.39, 0.29) is 35.2 Å². The molecule has 7 nitrogen and oxygen atoms in total. The molecular formula is C30H26ClF2N5O2. The summed E-state index contributed by atoms with van der Waals surface area (Å²) in [7, 11) is 1.85. The van der Waals surface area contributed by atoms with Crippen LogP contribution in [0.1, 0.15) is 34.2 Å². The fourth-order valence-electron chi connectivity index (χ4n) is 5.40. The number of hydrogen-bond donors (Lipinski definition) is 1. The minimum Gasteiger partial charge on any atom is -0.314 e. The first-order chi connectivity index (χ1) is 19.3. The van der Waals surface area contributed by atoms with Crippen LogP contribution in [0.4, 0.5) is 19.4 Å². The van der Waals surface area contributed by atoms with Crippen molar-refractivity contribution in [2.75, 3.05) is 11.4 Å². The van der Waals surface area contributed by atoms with Gasteiger partial charge in [0.1, 0.15) is 23.3 Å². The number of halogens is 3. The first-order valence-corrected chi connectivity index (χ1v) is 13.3. The zero-order chi connectivity index (χ0) is 28.0. The highest BCUT2D eigenvalue weighted by Crippen LogP contribution is 2.31. The Morgan fingerprint density at radius 2 is 1.82 bits per heavy atom. The molecule has 1 aromatic heterocycles. The number of benzene rings is 3. The van der Waals surface area contributed by atoms with Gasteiger partial charge in [0, 0.05) is 62.2 Å². The van der Waals surface area contributed by atoms with E-state index in [2.05, 4.69) is 27.3 Å². The number of urea groups is 1. The zero-order valence-electron chi connectivity index (χ0n) is 21.8. The molecule has 3 amide bonds. The molecule has 0 spiro atoms. The van der Waals surface area contributed by atoms with Gasteiger partial charge in [0.25, 0.3) is 0 Å². The van der Waals surface area contributed by atoms with Gasteiger partial charge in [-0.15, -0.1) is 0 Å². The average molecular weight is 562 g/mol. The quantitative estimate of drug-likeness (QED) is 0.334. The second-order valence-corrected chi connectivity index (χ2v) is 10.6. The van der Waals surface area contributed by atoms with E-state index in [1.54, 1.807) is 18.3 Å². The molecule has 6 rings (SSSR count). The summed E-state index contributed by atoms with van der Waals surface area (Å²) < 4.78 is 31.0. The van der Waals surface area contributed by atoms with Crippen molar-refractivity contribution < 1.29 is 18.4 Å². The van der Waals surface area contributed by atoms with Gasteiger partial charge >= 0.3 is 6.03 Å². The monoisotopic (exact) mass is 561 g/mol. The molecule has 10 heteroatoms.